The fourth-order valence-electron chi connectivity index (χ4n) is 1.07. The molecule has 0 bridgehead atoms. The number of rotatable bonds is 5. The van der Waals surface area contributed by atoms with Crippen LogP contribution in [0.2, 0.25) is 0 Å². The Morgan fingerprint density at radius 1 is 1.40 bits per heavy atom. The molecule has 0 saturated carbocycles. The zero-order valence-corrected chi connectivity index (χ0v) is 11.0. The highest BCUT2D eigenvalue weighted by atomic mass is 79.9. The standard InChI is InChI=1S/C11H17BrN2O/c1-4-10-13-9(12)7-11(14-10)15-6-5-8(2)3/h7-8H,4-6H2,1-3H3. The monoisotopic (exact) mass is 272 g/mol. The number of aromatic nitrogens is 2. The average molecular weight is 273 g/mol. The van der Waals surface area contributed by atoms with E-state index in [0.29, 0.717) is 18.4 Å². The second-order valence-corrected chi connectivity index (χ2v) is 4.64. The van der Waals surface area contributed by atoms with Crippen LogP contribution in [0.4, 0.5) is 0 Å². The lowest BCUT2D eigenvalue weighted by Crippen LogP contribution is -2.04. The topological polar surface area (TPSA) is 35.0 Å². The van der Waals surface area contributed by atoms with Crippen molar-refractivity contribution in [1.29, 1.82) is 0 Å². The Kier molecular flexibility index (Phi) is 5.02. The lowest BCUT2D eigenvalue weighted by Gasteiger charge is -2.08. The third-order valence-corrected chi connectivity index (χ3v) is 2.39. The number of hydrogen-bond acceptors (Lipinski definition) is 3. The van der Waals surface area contributed by atoms with Gasteiger partial charge < -0.3 is 4.74 Å². The van der Waals surface area contributed by atoms with Crippen molar-refractivity contribution < 1.29 is 4.74 Å². The summed E-state index contributed by atoms with van der Waals surface area (Å²) in [4.78, 5) is 8.51. The molecule has 0 amide bonds. The zero-order valence-electron chi connectivity index (χ0n) is 9.46. The van der Waals surface area contributed by atoms with Crippen LogP contribution in [0.15, 0.2) is 10.7 Å². The molecule has 0 unspecified atom stereocenters. The maximum Gasteiger partial charge on any atom is 0.217 e. The van der Waals surface area contributed by atoms with Crippen LogP contribution in [0.1, 0.15) is 33.0 Å². The maximum atomic E-state index is 5.56. The van der Waals surface area contributed by atoms with Gasteiger partial charge in [0.25, 0.3) is 0 Å². The highest BCUT2D eigenvalue weighted by Crippen LogP contribution is 2.15. The fraction of sp³-hybridized carbons (Fsp3) is 0.636. The lowest BCUT2D eigenvalue weighted by atomic mass is 10.1. The van der Waals surface area contributed by atoms with Crippen molar-refractivity contribution in [3.05, 3.63) is 16.5 Å². The fourth-order valence-corrected chi connectivity index (χ4v) is 1.47. The van der Waals surface area contributed by atoms with E-state index < -0.39 is 0 Å². The Hall–Kier alpha value is -0.640. The number of halogens is 1. The summed E-state index contributed by atoms with van der Waals surface area (Å²) in [7, 11) is 0. The number of ether oxygens (including phenoxy) is 1. The Morgan fingerprint density at radius 3 is 2.73 bits per heavy atom. The summed E-state index contributed by atoms with van der Waals surface area (Å²) in [5.41, 5.74) is 0. The van der Waals surface area contributed by atoms with E-state index in [1.807, 2.05) is 6.92 Å². The van der Waals surface area contributed by atoms with E-state index in [1.165, 1.54) is 0 Å². The van der Waals surface area contributed by atoms with Gasteiger partial charge in [-0.15, -0.1) is 0 Å². The normalized spacial score (nSPS) is 10.7. The van der Waals surface area contributed by atoms with Crippen molar-refractivity contribution in [1.82, 2.24) is 9.97 Å². The molecule has 1 heterocycles. The van der Waals surface area contributed by atoms with Crippen molar-refractivity contribution in [2.75, 3.05) is 6.61 Å². The van der Waals surface area contributed by atoms with Crippen molar-refractivity contribution in [3.63, 3.8) is 0 Å². The predicted molar refractivity (Wildman–Crippen MR) is 64.1 cm³/mol. The minimum absolute atomic E-state index is 0.654. The maximum absolute atomic E-state index is 5.56. The first-order valence-corrected chi connectivity index (χ1v) is 6.07. The molecule has 0 N–H and O–H groups in total. The van der Waals surface area contributed by atoms with E-state index in [9.17, 15) is 0 Å². The molecule has 3 nitrogen and oxygen atoms in total. The van der Waals surface area contributed by atoms with Gasteiger partial charge in [-0.1, -0.05) is 20.8 Å². The summed E-state index contributed by atoms with van der Waals surface area (Å²) in [6, 6.07) is 1.81. The van der Waals surface area contributed by atoms with Crippen LogP contribution in [0.3, 0.4) is 0 Å². The van der Waals surface area contributed by atoms with Gasteiger partial charge in [-0.25, -0.2) is 4.98 Å². The minimum atomic E-state index is 0.654. The third-order valence-electron chi connectivity index (χ3n) is 1.98. The summed E-state index contributed by atoms with van der Waals surface area (Å²) in [6.45, 7) is 7.09. The van der Waals surface area contributed by atoms with Crippen LogP contribution in [0, 0.1) is 5.92 Å². The van der Waals surface area contributed by atoms with E-state index in [4.69, 9.17) is 4.74 Å². The van der Waals surface area contributed by atoms with Crippen molar-refractivity contribution in [3.8, 4) is 5.88 Å². The molecule has 0 atom stereocenters. The van der Waals surface area contributed by atoms with Crippen molar-refractivity contribution in [2.24, 2.45) is 5.92 Å². The van der Waals surface area contributed by atoms with E-state index in [0.717, 1.165) is 23.3 Å². The molecule has 4 heteroatoms. The summed E-state index contributed by atoms with van der Waals surface area (Å²) < 4.78 is 6.35. The number of hydrogen-bond donors (Lipinski definition) is 0. The van der Waals surface area contributed by atoms with Gasteiger partial charge in [0.15, 0.2) is 0 Å². The van der Waals surface area contributed by atoms with Gasteiger partial charge >= 0.3 is 0 Å². The molecular weight excluding hydrogens is 256 g/mol. The van der Waals surface area contributed by atoms with Crippen LogP contribution in [0.5, 0.6) is 5.88 Å². The molecule has 1 aromatic heterocycles. The SMILES string of the molecule is CCc1nc(Br)cc(OCCC(C)C)n1. The third kappa shape index (κ3) is 4.60. The van der Waals surface area contributed by atoms with Crippen LogP contribution in [0.25, 0.3) is 0 Å². The van der Waals surface area contributed by atoms with Gasteiger partial charge in [0.2, 0.25) is 5.88 Å². The first-order valence-electron chi connectivity index (χ1n) is 5.28. The minimum Gasteiger partial charge on any atom is -0.478 e. The molecule has 0 aromatic carbocycles. The molecule has 1 rings (SSSR count). The quantitative estimate of drug-likeness (QED) is 0.772. The second-order valence-electron chi connectivity index (χ2n) is 3.83. The van der Waals surface area contributed by atoms with Gasteiger partial charge in [0.1, 0.15) is 10.4 Å². The molecule has 0 aliphatic heterocycles. The Bertz CT molecular complexity index is 315. The second kappa shape index (κ2) is 6.05. The first-order chi connectivity index (χ1) is 7.11. The molecular formula is C11H17BrN2O. The molecule has 0 fully saturated rings. The molecule has 0 radical (unpaired) electrons. The van der Waals surface area contributed by atoms with Crippen molar-refractivity contribution in [2.45, 2.75) is 33.6 Å². The number of nitrogens with zero attached hydrogens (tertiary/aromatic N) is 2. The average Bonchev–Trinajstić information content (AvgIpc) is 2.16. The van der Waals surface area contributed by atoms with Gasteiger partial charge in [0.05, 0.1) is 6.61 Å². The summed E-state index contributed by atoms with van der Waals surface area (Å²) in [5, 5.41) is 0. The smallest absolute Gasteiger partial charge is 0.217 e. The molecule has 1 aromatic rings. The summed E-state index contributed by atoms with van der Waals surface area (Å²) in [5.74, 6) is 2.12. The van der Waals surface area contributed by atoms with E-state index in [2.05, 4.69) is 39.7 Å². The lowest BCUT2D eigenvalue weighted by molar-refractivity contribution is 0.278. The molecule has 84 valence electrons. The summed E-state index contributed by atoms with van der Waals surface area (Å²) in [6.07, 6.45) is 1.86. The van der Waals surface area contributed by atoms with Gasteiger partial charge in [-0.2, -0.15) is 4.98 Å². The predicted octanol–water partition coefficient (Wildman–Crippen LogP) is 3.23. The highest BCUT2D eigenvalue weighted by Gasteiger charge is 2.03. The van der Waals surface area contributed by atoms with Gasteiger partial charge in [-0.05, 0) is 28.3 Å². The Morgan fingerprint density at radius 2 is 2.13 bits per heavy atom. The van der Waals surface area contributed by atoms with Crippen LogP contribution in [-0.4, -0.2) is 16.6 Å². The highest BCUT2D eigenvalue weighted by molar-refractivity contribution is 9.10. The van der Waals surface area contributed by atoms with Gasteiger partial charge in [0, 0.05) is 12.5 Å². The number of aryl methyl sites for hydroxylation is 1. The van der Waals surface area contributed by atoms with Crippen LogP contribution in [-0.2, 0) is 6.42 Å². The first kappa shape index (κ1) is 12.4. The Balaban J connectivity index is 2.56. The van der Waals surface area contributed by atoms with Crippen LogP contribution >= 0.6 is 15.9 Å². The molecule has 15 heavy (non-hydrogen) atoms. The molecule has 0 aliphatic rings. The van der Waals surface area contributed by atoms with Gasteiger partial charge in [-0.3, -0.25) is 0 Å². The Labute approximate surface area is 99.4 Å². The molecule has 0 aliphatic carbocycles. The summed E-state index contributed by atoms with van der Waals surface area (Å²) >= 11 is 3.34. The van der Waals surface area contributed by atoms with Crippen LogP contribution < -0.4 is 4.74 Å². The van der Waals surface area contributed by atoms with E-state index >= 15 is 0 Å². The molecule has 0 saturated heterocycles. The largest absolute Gasteiger partial charge is 0.478 e. The molecule has 0 spiro atoms. The van der Waals surface area contributed by atoms with Crippen molar-refractivity contribution >= 4 is 15.9 Å². The van der Waals surface area contributed by atoms with E-state index in [-0.39, 0.29) is 0 Å². The zero-order chi connectivity index (χ0) is 11.3. The van der Waals surface area contributed by atoms with E-state index in [1.54, 1.807) is 6.07 Å².